The van der Waals surface area contributed by atoms with Crippen LogP contribution in [-0.4, -0.2) is 4.98 Å². The first-order valence-corrected chi connectivity index (χ1v) is 5.80. The molecule has 1 aromatic heterocycles. The van der Waals surface area contributed by atoms with Gasteiger partial charge in [-0.15, -0.1) is 11.3 Å². The van der Waals surface area contributed by atoms with Crippen LogP contribution in [0.4, 0.5) is 0 Å². The largest absolute Gasteiger partial charge is 0.246 e. The zero-order chi connectivity index (χ0) is 9.64. The Balaban J connectivity index is 2.51. The summed E-state index contributed by atoms with van der Waals surface area (Å²) in [5.41, 5.74) is 1.66. The van der Waals surface area contributed by atoms with E-state index in [0.717, 1.165) is 5.92 Å². The van der Waals surface area contributed by atoms with Crippen molar-refractivity contribution in [2.45, 2.75) is 46.0 Å². The van der Waals surface area contributed by atoms with Gasteiger partial charge in [0.05, 0.1) is 10.7 Å². The first-order valence-electron chi connectivity index (χ1n) is 4.98. The Morgan fingerprint density at radius 2 is 2.15 bits per heavy atom. The Morgan fingerprint density at radius 3 is 2.85 bits per heavy atom. The molecule has 1 unspecified atom stereocenters. The van der Waals surface area contributed by atoms with E-state index in [2.05, 4.69) is 32.7 Å². The lowest BCUT2D eigenvalue weighted by Crippen LogP contribution is -2.31. The fourth-order valence-corrected chi connectivity index (χ4v) is 3.20. The Bertz CT molecular complexity index is 325. The second-order valence-electron chi connectivity index (χ2n) is 4.67. The lowest BCUT2D eigenvalue weighted by Gasteiger charge is -2.35. The molecule has 0 N–H and O–H groups in total. The van der Waals surface area contributed by atoms with E-state index >= 15 is 0 Å². The van der Waals surface area contributed by atoms with Crippen LogP contribution in [0, 0.1) is 12.8 Å². The quantitative estimate of drug-likeness (QED) is 0.619. The molecule has 2 rings (SSSR count). The third kappa shape index (κ3) is 1.32. The van der Waals surface area contributed by atoms with Crippen LogP contribution in [-0.2, 0) is 11.8 Å². The highest BCUT2D eigenvalue weighted by Gasteiger charge is 2.36. The van der Waals surface area contributed by atoms with Gasteiger partial charge in [-0.2, -0.15) is 0 Å². The number of hydrogen-bond donors (Lipinski definition) is 0. The third-order valence-electron chi connectivity index (χ3n) is 3.45. The standard InChI is InChI=1S/C11H17NS/c1-7-5-6-9-10(11(7,3)4)12-8(2)13-9/h7H,5-6H2,1-4H3. The average Bonchev–Trinajstić information content (AvgIpc) is 2.41. The van der Waals surface area contributed by atoms with Gasteiger partial charge in [0.25, 0.3) is 0 Å². The molecule has 0 saturated carbocycles. The number of aromatic nitrogens is 1. The average molecular weight is 195 g/mol. The van der Waals surface area contributed by atoms with E-state index < -0.39 is 0 Å². The molecule has 1 aliphatic rings. The Labute approximate surface area is 84.2 Å². The van der Waals surface area contributed by atoms with Gasteiger partial charge in [0, 0.05) is 10.3 Å². The molecule has 2 heteroatoms. The molecule has 1 nitrogen and oxygen atoms in total. The van der Waals surface area contributed by atoms with Gasteiger partial charge in [0.1, 0.15) is 0 Å². The molecule has 0 aromatic carbocycles. The summed E-state index contributed by atoms with van der Waals surface area (Å²) < 4.78 is 0. The Morgan fingerprint density at radius 1 is 1.46 bits per heavy atom. The molecule has 1 aromatic rings. The fourth-order valence-electron chi connectivity index (χ4n) is 2.08. The van der Waals surface area contributed by atoms with Crippen molar-refractivity contribution >= 4 is 11.3 Å². The molecular formula is C11H17NS. The van der Waals surface area contributed by atoms with E-state index in [0.29, 0.717) is 5.41 Å². The van der Waals surface area contributed by atoms with Gasteiger partial charge in [-0.3, -0.25) is 0 Å². The van der Waals surface area contributed by atoms with Gasteiger partial charge < -0.3 is 0 Å². The van der Waals surface area contributed by atoms with Crippen molar-refractivity contribution in [2.75, 3.05) is 0 Å². The van der Waals surface area contributed by atoms with E-state index in [9.17, 15) is 0 Å². The predicted molar refractivity (Wildman–Crippen MR) is 57.4 cm³/mol. The Kier molecular flexibility index (Phi) is 1.99. The zero-order valence-corrected chi connectivity index (χ0v) is 9.66. The molecule has 1 aliphatic carbocycles. The minimum Gasteiger partial charge on any atom is -0.246 e. The second-order valence-corrected chi connectivity index (χ2v) is 5.95. The molecular weight excluding hydrogens is 178 g/mol. The molecule has 13 heavy (non-hydrogen) atoms. The van der Waals surface area contributed by atoms with Crippen molar-refractivity contribution in [3.63, 3.8) is 0 Å². The van der Waals surface area contributed by atoms with Crippen molar-refractivity contribution in [1.82, 2.24) is 4.98 Å². The molecule has 0 radical (unpaired) electrons. The van der Waals surface area contributed by atoms with Crippen molar-refractivity contribution < 1.29 is 0 Å². The normalized spacial score (nSPS) is 25.7. The van der Waals surface area contributed by atoms with Crippen LogP contribution in [0.3, 0.4) is 0 Å². The van der Waals surface area contributed by atoms with Crippen LogP contribution in [0.25, 0.3) is 0 Å². The highest BCUT2D eigenvalue weighted by molar-refractivity contribution is 7.11. The minimum atomic E-state index is 0.290. The van der Waals surface area contributed by atoms with E-state index in [1.54, 1.807) is 0 Å². The number of thiazole rings is 1. The van der Waals surface area contributed by atoms with Gasteiger partial charge in [0.2, 0.25) is 0 Å². The SMILES string of the molecule is Cc1nc2c(s1)CCC(C)C2(C)C. The van der Waals surface area contributed by atoms with Crippen molar-refractivity contribution in [3.05, 3.63) is 15.6 Å². The molecule has 72 valence electrons. The summed E-state index contributed by atoms with van der Waals surface area (Å²) in [6, 6.07) is 0. The van der Waals surface area contributed by atoms with Gasteiger partial charge >= 0.3 is 0 Å². The monoisotopic (exact) mass is 195 g/mol. The van der Waals surface area contributed by atoms with Gasteiger partial charge in [-0.1, -0.05) is 20.8 Å². The van der Waals surface area contributed by atoms with Gasteiger partial charge in [-0.05, 0) is 25.7 Å². The van der Waals surface area contributed by atoms with E-state index in [-0.39, 0.29) is 0 Å². The topological polar surface area (TPSA) is 12.9 Å². The van der Waals surface area contributed by atoms with Crippen LogP contribution in [0.1, 0.15) is 42.8 Å². The summed E-state index contributed by atoms with van der Waals surface area (Å²) in [5, 5.41) is 1.23. The maximum absolute atomic E-state index is 4.67. The van der Waals surface area contributed by atoms with Crippen molar-refractivity contribution in [2.24, 2.45) is 5.92 Å². The first-order chi connectivity index (χ1) is 6.01. The van der Waals surface area contributed by atoms with E-state index in [4.69, 9.17) is 0 Å². The summed E-state index contributed by atoms with van der Waals surface area (Å²) in [6.45, 7) is 9.12. The molecule has 0 bridgehead atoms. The maximum Gasteiger partial charge on any atom is 0.0900 e. The third-order valence-corrected chi connectivity index (χ3v) is 4.48. The van der Waals surface area contributed by atoms with Crippen LogP contribution in [0.5, 0.6) is 0 Å². The predicted octanol–water partition coefficient (Wildman–Crippen LogP) is 3.31. The smallest absolute Gasteiger partial charge is 0.0900 e. The van der Waals surface area contributed by atoms with Crippen LogP contribution < -0.4 is 0 Å². The molecule has 0 fully saturated rings. The van der Waals surface area contributed by atoms with Gasteiger partial charge in [-0.25, -0.2) is 4.98 Å². The maximum atomic E-state index is 4.67. The zero-order valence-electron chi connectivity index (χ0n) is 8.85. The summed E-state index contributed by atoms with van der Waals surface area (Å²) in [6.07, 6.45) is 2.56. The van der Waals surface area contributed by atoms with Crippen molar-refractivity contribution in [1.29, 1.82) is 0 Å². The lowest BCUT2D eigenvalue weighted by molar-refractivity contribution is 0.297. The number of nitrogens with zero attached hydrogens (tertiary/aromatic N) is 1. The molecule has 0 spiro atoms. The van der Waals surface area contributed by atoms with Crippen molar-refractivity contribution in [3.8, 4) is 0 Å². The number of rotatable bonds is 0. The van der Waals surface area contributed by atoms with Crippen LogP contribution in [0.15, 0.2) is 0 Å². The summed E-state index contributed by atoms with van der Waals surface area (Å²) in [4.78, 5) is 6.20. The minimum absolute atomic E-state index is 0.290. The van der Waals surface area contributed by atoms with E-state index in [1.807, 2.05) is 11.3 Å². The number of hydrogen-bond acceptors (Lipinski definition) is 2. The number of aryl methyl sites for hydroxylation is 2. The molecule has 1 atom stereocenters. The highest BCUT2D eigenvalue weighted by Crippen LogP contribution is 2.42. The van der Waals surface area contributed by atoms with Gasteiger partial charge in [0.15, 0.2) is 0 Å². The summed E-state index contributed by atoms with van der Waals surface area (Å²) in [5.74, 6) is 0.765. The molecule has 1 heterocycles. The Hall–Kier alpha value is -0.370. The molecule has 0 amide bonds. The highest BCUT2D eigenvalue weighted by atomic mass is 32.1. The molecule has 0 aliphatic heterocycles. The summed E-state index contributed by atoms with van der Waals surface area (Å²) in [7, 11) is 0. The summed E-state index contributed by atoms with van der Waals surface area (Å²) >= 11 is 1.88. The first kappa shape index (κ1) is 9.20. The number of fused-ring (bicyclic) bond motifs is 1. The fraction of sp³-hybridized carbons (Fsp3) is 0.727. The second kappa shape index (κ2) is 2.81. The lowest BCUT2D eigenvalue weighted by atomic mass is 9.71. The van der Waals surface area contributed by atoms with Crippen LogP contribution in [0.2, 0.25) is 0 Å². The van der Waals surface area contributed by atoms with Crippen LogP contribution >= 0.6 is 11.3 Å². The van der Waals surface area contributed by atoms with E-state index in [1.165, 1.54) is 28.4 Å². The molecule has 0 saturated heterocycles.